The lowest BCUT2D eigenvalue weighted by atomic mass is 10.2. The number of rotatable bonds is 6. The highest BCUT2D eigenvalue weighted by Gasteiger charge is 2.22. The van der Waals surface area contributed by atoms with Gasteiger partial charge in [-0.05, 0) is 37.1 Å². The van der Waals surface area contributed by atoms with Crippen LogP contribution in [0.3, 0.4) is 0 Å². The van der Waals surface area contributed by atoms with E-state index in [1.807, 2.05) is 18.3 Å². The van der Waals surface area contributed by atoms with E-state index in [1.165, 1.54) is 5.56 Å². The summed E-state index contributed by atoms with van der Waals surface area (Å²) in [5.74, 6) is 1.80. The topological polar surface area (TPSA) is 56.1 Å². The van der Waals surface area contributed by atoms with Gasteiger partial charge in [-0.1, -0.05) is 36.0 Å². The summed E-state index contributed by atoms with van der Waals surface area (Å²) in [6.07, 6.45) is 2.74. The minimum absolute atomic E-state index is 0.725. The average Bonchev–Trinajstić information content (AvgIpc) is 3.13. The van der Waals surface area contributed by atoms with E-state index in [1.54, 1.807) is 11.8 Å². The zero-order chi connectivity index (χ0) is 18.5. The van der Waals surface area contributed by atoms with Crippen molar-refractivity contribution < 1.29 is 4.74 Å². The Morgan fingerprint density at radius 1 is 1.04 bits per heavy atom. The van der Waals surface area contributed by atoms with Crippen molar-refractivity contribution in [2.24, 2.45) is 0 Å². The van der Waals surface area contributed by atoms with Crippen LogP contribution in [0.25, 0.3) is 5.69 Å². The van der Waals surface area contributed by atoms with E-state index in [-0.39, 0.29) is 0 Å². The smallest absolute Gasteiger partial charge is 0.232 e. The monoisotopic (exact) mass is 381 g/mol. The number of hydrogen-bond donors (Lipinski definition) is 0. The first kappa shape index (κ1) is 18.0. The Morgan fingerprint density at radius 3 is 2.63 bits per heavy atom. The Balaban J connectivity index is 1.60. The van der Waals surface area contributed by atoms with Crippen LogP contribution in [0.15, 0.2) is 53.8 Å². The van der Waals surface area contributed by atoms with Crippen molar-refractivity contribution in [3.05, 3.63) is 59.9 Å². The fraction of sp³-hybridized carbons (Fsp3) is 0.350. The van der Waals surface area contributed by atoms with Crippen molar-refractivity contribution in [3.8, 4) is 5.69 Å². The Hall–Kier alpha value is -2.38. The van der Waals surface area contributed by atoms with Crippen molar-refractivity contribution in [3.63, 3.8) is 0 Å². The molecule has 0 amide bonds. The fourth-order valence-electron chi connectivity index (χ4n) is 3.14. The highest BCUT2D eigenvalue weighted by molar-refractivity contribution is 7.99. The third kappa shape index (κ3) is 4.14. The number of ether oxygens (including phenoxy) is 1. The predicted octanol–water partition coefficient (Wildman–Crippen LogP) is 3.14. The Bertz CT molecular complexity index is 877. The molecule has 0 unspecified atom stereocenters. The molecule has 0 spiro atoms. The molecular formula is C20H23N5OS. The quantitative estimate of drug-likeness (QED) is 0.612. The summed E-state index contributed by atoms with van der Waals surface area (Å²) in [5.41, 5.74) is 3.43. The maximum atomic E-state index is 5.50. The number of para-hydroxylation sites is 1. The Morgan fingerprint density at radius 2 is 1.85 bits per heavy atom. The number of aromatic nitrogens is 4. The van der Waals surface area contributed by atoms with Crippen molar-refractivity contribution >= 4 is 17.7 Å². The van der Waals surface area contributed by atoms with Crippen molar-refractivity contribution in [1.82, 2.24) is 19.7 Å². The fourth-order valence-corrected chi connectivity index (χ4v) is 4.04. The van der Waals surface area contributed by atoms with Gasteiger partial charge in [-0.25, -0.2) is 0 Å². The number of morpholine rings is 1. The summed E-state index contributed by atoms with van der Waals surface area (Å²) in [6, 6.07) is 14.4. The van der Waals surface area contributed by atoms with Crippen LogP contribution < -0.4 is 4.90 Å². The lowest BCUT2D eigenvalue weighted by molar-refractivity contribution is 0.122. The van der Waals surface area contributed by atoms with E-state index < -0.39 is 0 Å². The second kappa shape index (κ2) is 8.54. The first-order valence-electron chi connectivity index (χ1n) is 9.20. The molecule has 0 bridgehead atoms. The molecule has 7 heteroatoms. The lowest BCUT2D eigenvalue weighted by Gasteiger charge is -2.28. The van der Waals surface area contributed by atoms with Crippen LogP contribution >= 0.6 is 11.8 Å². The molecule has 1 aliphatic heterocycles. The van der Waals surface area contributed by atoms with Crippen LogP contribution in [0.1, 0.15) is 11.3 Å². The number of thioether (sulfide) groups is 1. The molecule has 2 aromatic heterocycles. The minimum Gasteiger partial charge on any atom is -0.378 e. The standard InChI is InChI=1S/C20H23N5OS/c1-16-6-2-3-8-18(16)25-19(24-11-13-26-14-12-24)22-23-20(25)27-15-9-17-7-4-5-10-21-17/h2-8,10H,9,11-15H2,1H3. The van der Waals surface area contributed by atoms with Crippen LogP contribution in [-0.4, -0.2) is 51.8 Å². The highest BCUT2D eigenvalue weighted by Crippen LogP contribution is 2.29. The minimum atomic E-state index is 0.725. The summed E-state index contributed by atoms with van der Waals surface area (Å²) in [6.45, 7) is 5.25. The second-order valence-electron chi connectivity index (χ2n) is 6.42. The summed E-state index contributed by atoms with van der Waals surface area (Å²) >= 11 is 1.72. The number of anilines is 1. The van der Waals surface area contributed by atoms with Gasteiger partial charge in [0.2, 0.25) is 5.95 Å². The average molecular weight is 382 g/mol. The molecule has 0 radical (unpaired) electrons. The summed E-state index contributed by atoms with van der Waals surface area (Å²) < 4.78 is 7.68. The highest BCUT2D eigenvalue weighted by atomic mass is 32.2. The third-order valence-electron chi connectivity index (χ3n) is 4.58. The number of benzene rings is 1. The predicted molar refractivity (Wildman–Crippen MR) is 108 cm³/mol. The van der Waals surface area contributed by atoms with Gasteiger partial charge >= 0.3 is 0 Å². The summed E-state index contributed by atoms with van der Waals surface area (Å²) in [7, 11) is 0. The maximum absolute atomic E-state index is 5.50. The van der Waals surface area contributed by atoms with E-state index in [0.29, 0.717) is 0 Å². The normalized spacial score (nSPS) is 14.5. The van der Waals surface area contributed by atoms with Crippen molar-refractivity contribution in [2.45, 2.75) is 18.5 Å². The van der Waals surface area contributed by atoms with Gasteiger partial charge in [0.05, 0.1) is 18.9 Å². The van der Waals surface area contributed by atoms with Gasteiger partial charge in [0.25, 0.3) is 0 Å². The molecule has 0 atom stereocenters. The molecule has 6 nitrogen and oxygen atoms in total. The molecule has 0 aliphatic carbocycles. The van der Waals surface area contributed by atoms with Gasteiger partial charge < -0.3 is 9.64 Å². The van der Waals surface area contributed by atoms with E-state index in [0.717, 1.165) is 61.0 Å². The number of nitrogens with zero attached hydrogens (tertiary/aromatic N) is 5. The van der Waals surface area contributed by atoms with E-state index >= 15 is 0 Å². The molecule has 1 fully saturated rings. The van der Waals surface area contributed by atoms with Gasteiger partial charge in [0.1, 0.15) is 0 Å². The van der Waals surface area contributed by atoms with Gasteiger partial charge in [-0.15, -0.1) is 10.2 Å². The van der Waals surface area contributed by atoms with Gasteiger partial charge in [0, 0.05) is 30.7 Å². The van der Waals surface area contributed by atoms with Gasteiger partial charge in [0.15, 0.2) is 5.16 Å². The van der Waals surface area contributed by atoms with Crippen LogP contribution in [0.4, 0.5) is 5.95 Å². The van der Waals surface area contributed by atoms with Gasteiger partial charge in [-0.3, -0.25) is 9.55 Å². The lowest BCUT2D eigenvalue weighted by Crippen LogP contribution is -2.38. The third-order valence-corrected chi connectivity index (χ3v) is 5.51. The zero-order valence-corrected chi connectivity index (χ0v) is 16.2. The van der Waals surface area contributed by atoms with Crippen LogP contribution in [0, 0.1) is 6.92 Å². The largest absolute Gasteiger partial charge is 0.378 e. The molecule has 0 N–H and O–H groups in total. The maximum Gasteiger partial charge on any atom is 0.232 e. The first-order chi connectivity index (χ1) is 13.3. The Labute approximate surface area is 163 Å². The van der Waals surface area contributed by atoms with E-state index in [2.05, 4.69) is 61.9 Å². The first-order valence-corrected chi connectivity index (χ1v) is 10.2. The molecular weight excluding hydrogens is 358 g/mol. The van der Waals surface area contributed by atoms with Crippen molar-refractivity contribution in [1.29, 1.82) is 0 Å². The van der Waals surface area contributed by atoms with Crippen LogP contribution in [-0.2, 0) is 11.2 Å². The van der Waals surface area contributed by atoms with Crippen LogP contribution in [0.2, 0.25) is 0 Å². The molecule has 140 valence electrons. The molecule has 0 saturated carbocycles. The summed E-state index contributed by atoms with van der Waals surface area (Å²) in [5, 5.41) is 9.96. The number of pyridine rings is 1. The molecule has 3 heterocycles. The van der Waals surface area contributed by atoms with Gasteiger partial charge in [-0.2, -0.15) is 0 Å². The molecule has 4 rings (SSSR count). The number of aryl methyl sites for hydroxylation is 2. The van der Waals surface area contributed by atoms with E-state index in [4.69, 9.17) is 4.74 Å². The Kier molecular flexibility index (Phi) is 5.69. The van der Waals surface area contributed by atoms with Crippen LogP contribution in [0.5, 0.6) is 0 Å². The molecule has 3 aromatic rings. The molecule has 1 saturated heterocycles. The van der Waals surface area contributed by atoms with Crippen molar-refractivity contribution in [2.75, 3.05) is 37.0 Å². The SMILES string of the molecule is Cc1ccccc1-n1c(SCCc2ccccn2)nnc1N1CCOCC1. The van der Waals surface area contributed by atoms with E-state index in [9.17, 15) is 0 Å². The summed E-state index contributed by atoms with van der Waals surface area (Å²) in [4.78, 5) is 6.66. The molecule has 27 heavy (non-hydrogen) atoms. The molecule has 1 aromatic carbocycles. The zero-order valence-electron chi connectivity index (χ0n) is 15.4. The second-order valence-corrected chi connectivity index (χ2v) is 7.49. The molecule has 1 aliphatic rings. The number of hydrogen-bond acceptors (Lipinski definition) is 6.